The van der Waals surface area contributed by atoms with Crippen molar-refractivity contribution in [2.45, 2.75) is 32.4 Å². The Balaban J connectivity index is 2.06. The first-order valence-corrected chi connectivity index (χ1v) is 7.37. The van der Waals surface area contributed by atoms with Crippen LogP contribution in [0.3, 0.4) is 0 Å². The van der Waals surface area contributed by atoms with Crippen LogP contribution in [0.2, 0.25) is 5.02 Å². The van der Waals surface area contributed by atoms with E-state index in [1.165, 1.54) is 0 Å². The second-order valence-corrected chi connectivity index (χ2v) is 5.70. The minimum absolute atomic E-state index is 0.0972. The molecule has 2 rings (SSSR count). The molecule has 0 aliphatic heterocycles. The lowest BCUT2D eigenvalue weighted by atomic mass is 10.0. The lowest BCUT2D eigenvalue weighted by Crippen LogP contribution is -2.30. The highest BCUT2D eigenvalue weighted by Gasteiger charge is 2.17. The van der Waals surface area contributed by atoms with Crippen LogP contribution in [0.4, 0.5) is 0 Å². The van der Waals surface area contributed by atoms with Crippen LogP contribution in [0, 0.1) is 0 Å². The van der Waals surface area contributed by atoms with E-state index in [9.17, 15) is 10.2 Å². The molecule has 0 radical (unpaired) electrons. The zero-order chi connectivity index (χ0) is 15.4. The molecule has 0 amide bonds. The molecule has 2 aromatic carbocycles. The van der Waals surface area contributed by atoms with E-state index in [0.717, 1.165) is 17.0 Å². The maximum absolute atomic E-state index is 9.89. The van der Waals surface area contributed by atoms with Crippen LogP contribution in [-0.4, -0.2) is 16.3 Å². The maximum Gasteiger partial charge on any atom is 0.124 e. The van der Waals surface area contributed by atoms with E-state index < -0.39 is 0 Å². The van der Waals surface area contributed by atoms with E-state index in [4.69, 9.17) is 11.6 Å². The van der Waals surface area contributed by atoms with Crippen molar-refractivity contribution >= 4 is 11.6 Å². The van der Waals surface area contributed by atoms with Gasteiger partial charge in [-0.05, 0) is 44.0 Å². The van der Waals surface area contributed by atoms with Crippen molar-refractivity contribution in [3.05, 3.63) is 58.6 Å². The summed E-state index contributed by atoms with van der Waals surface area (Å²) in [4.78, 5) is 0. The van der Waals surface area contributed by atoms with E-state index in [-0.39, 0.29) is 23.6 Å². The maximum atomic E-state index is 9.89. The van der Waals surface area contributed by atoms with E-state index >= 15 is 0 Å². The Labute approximate surface area is 130 Å². The lowest BCUT2D eigenvalue weighted by Gasteiger charge is -2.22. The summed E-state index contributed by atoms with van der Waals surface area (Å²) in [6.45, 7) is 3.97. The third kappa shape index (κ3) is 3.90. The van der Waals surface area contributed by atoms with Gasteiger partial charge in [-0.25, -0.2) is 0 Å². The molecule has 2 atom stereocenters. The second-order valence-electron chi connectivity index (χ2n) is 5.29. The number of aromatic hydroxyl groups is 2. The zero-order valence-electron chi connectivity index (χ0n) is 12.2. The first-order chi connectivity index (χ1) is 9.99. The summed E-state index contributed by atoms with van der Waals surface area (Å²) in [5.41, 5.74) is 1.59. The van der Waals surface area contributed by atoms with E-state index in [0.29, 0.717) is 5.56 Å². The Kier molecular flexibility index (Phi) is 5.10. The molecule has 3 nitrogen and oxygen atoms in total. The van der Waals surface area contributed by atoms with Crippen molar-refractivity contribution in [1.82, 2.24) is 5.32 Å². The van der Waals surface area contributed by atoms with Crippen LogP contribution < -0.4 is 5.32 Å². The Morgan fingerprint density at radius 3 is 2.24 bits per heavy atom. The number of hydrogen-bond donors (Lipinski definition) is 3. The molecule has 112 valence electrons. The minimum atomic E-state index is -0.163. The van der Waals surface area contributed by atoms with Gasteiger partial charge in [-0.15, -0.1) is 0 Å². The molecule has 0 aromatic heterocycles. The van der Waals surface area contributed by atoms with Gasteiger partial charge in [-0.2, -0.15) is 0 Å². The summed E-state index contributed by atoms with van der Waals surface area (Å²) in [6, 6.07) is 12.5. The molecule has 0 saturated heterocycles. The molecule has 21 heavy (non-hydrogen) atoms. The number of phenols is 2. The standard InChI is InChI=1S/C17H20ClNO2/c1-11(10-13-6-3-4-7-14(13)18)19-12(2)17-15(20)8-5-9-16(17)21/h3-9,11-12,19-21H,10H2,1-2H3. The molecule has 0 bridgehead atoms. The van der Waals surface area contributed by atoms with Crippen LogP contribution in [0.5, 0.6) is 11.5 Å². The average molecular weight is 306 g/mol. The van der Waals surface area contributed by atoms with Crippen molar-refractivity contribution in [1.29, 1.82) is 0 Å². The number of benzene rings is 2. The fraction of sp³-hybridized carbons (Fsp3) is 0.294. The van der Waals surface area contributed by atoms with Crippen molar-refractivity contribution in [3.8, 4) is 11.5 Å². The number of phenolic OH excluding ortho intramolecular Hbond substituents is 2. The van der Waals surface area contributed by atoms with Gasteiger partial charge >= 0.3 is 0 Å². The molecule has 2 unspecified atom stereocenters. The van der Waals surface area contributed by atoms with E-state index in [1.54, 1.807) is 18.2 Å². The fourth-order valence-electron chi connectivity index (χ4n) is 2.55. The highest BCUT2D eigenvalue weighted by molar-refractivity contribution is 6.31. The Bertz CT molecular complexity index is 595. The molecule has 0 aliphatic carbocycles. The normalized spacial score (nSPS) is 13.9. The van der Waals surface area contributed by atoms with Crippen LogP contribution in [0.15, 0.2) is 42.5 Å². The molecule has 0 fully saturated rings. The van der Waals surface area contributed by atoms with Crippen molar-refractivity contribution in [2.75, 3.05) is 0 Å². The average Bonchev–Trinajstić information content (AvgIpc) is 2.41. The molecule has 4 heteroatoms. The summed E-state index contributed by atoms with van der Waals surface area (Å²) in [5, 5.41) is 23.9. The van der Waals surface area contributed by atoms with Crippen LogP contribution in [0.25, 0.3) is 0 Å². The fourth-order valence-corrected chi connectivity index (χ4v) is 2.76. The summed E-state index contributed by atoms with van der Waals surface area (Å²) in [5.74, 6) is 0.194. The third-order valence-electron chi connectivity index (χ3n) is 3.51. The van der Waals surface area contributed by atoms with Gasteiger partial charge in [0.2, 0.25) is 0 Å². The predicted molar refractivity (Wildman–Crippen MR) is 85.9 cm³/mol. The number of hydrogen-bond acceptors (Lipinski definition) is 3. The topological polar surface area (TPSA) is 52.5 Å². The van der Waals surface area contributed by atoms with Crippen LogP contribution in [0.1, 0.15) is 31.0 Å². The monoisotopic (exact) mass is 305 g/mol. The van der Waals surface area contributed by atoms with Gasteiger partial charge < -0.3 is 15.5 Å². The Hall–Kier alpha value is -1.71. The second kappa shape index (κ2) is 6.83. The number of nitrogens with one attached hydrogen (secondary N) is 1. The van der Waals surface area contributed by atoms with Gasteiger partial charge in [0, 0.05) is 17.1 Å². The zero-order valence-corrected chi connectivity index (χ0v) is 12.9. The summed E-state index contributed by atoms with van der Waals surface area (Å²) >= 11 is 6.16. The molecular weight excluding hydrogens is 286 g/mol. The van der Waals surface area contributed by atoms with Crippen LogP contribution in [-0.2, 0) is 6.42 Å². The highest BCUT2D eigenvalue weighted by atomic mass is 35.5. The molecule has 3 N–H and O–H groups in total. The Morgan fingerprint density at radius 2 is 1.62 bits per heavy atom. The predicted octanol–water partition coefficient (Wildman–Crippen LogP) is 4.03. The molecule has 0 saturated carbocycles. The lowest BCUT2D eigenvalue weighted by molar-refractivity contribution is 0.404. The number of rotatable bonds is 5. The summed E-state index contributed by atoms with van der Waals surface area (Å²) in [7, 11) is 0. The van der Waals surface area contributed by atoms with E-state index in [2.05, 4.69) is 12.2 Å². The van der Waals surface area contributed by atoms with Gasteiger partial charge in [0.1, 0.15) is 11.5 Å². The summed E-state index contributed by atoms with van der Waals surface area (Å²) < 4.78 is 0. The highest BCUT2D eigenvalue weighted by Crippen LogP contribution is 2.32. The largest absolute Gasteiger partial charge is 0.507 e. The Morgan fingerprint density at radius 1 is 1.00 bits per heavy atom. The number of halogens is 1. The van der Waals surface area contributed by atoms with Gasteiger partial charge in [0.05, 0.1) is 5.56 Å². The van der Waals surface area contributed by atoms with Crippen molar-refractivity contribution in [2.24, 2.45) is 0 Å². The quantitative estimate of drug-likeness (QED) is 0.781. The van der Waals surface area contributed by atoms with Crippen LogP contribution >= 0.6 is 11.6 Å². The van der Waals surface area contributed by atoms with Gasteiger partial charge in [0.25, 0.3) is 0 Å². The summed E-state index contributed by atoms with van der Waals surface area (Å²) in [6.07, 6.45) is 0.776. The molecule has 0 aliphatic rings. The van der Waals surface area contributed by atoms with E-state index in [1.807, 2.05) is 31.2 Å². The van der Waals surface area contributed by atoms with Crippen molar-refractivity contribution < 1.29 is 10.2 Å². The third-order valence-corrected chi connectivity index (χ3v) is 3.88. The molecule has 2 aromatic rings. The molecular formula is C17H20ClNO2. The first kappa shape index (κ1) is 15.7. The first-order valence-electron chi connectivity index (χ1n) is 6.99. The van der Waals surface area contributed by atoms with Gasteiger partial charge in [-0.1, -0.05) is 35.9 Å². The molecule has 0 spiro atoms. The minimum Gasteiger partial charge on any atom is -0.507 e. The molecule has 0 heterocycles. The smallest absolute Gasteiger partial charge is 0.124 e. The van der Waals surface area contributed by atoms with Crippen molar-refractivity contribution in [3.63, 3.8) is 0 Å². The van der Waals surface area contributed by atoms with Gasteiger partial charge in [-0.3, -0.25) is 0 Å². The SMILES string of the molecule is CC(Cc1ccccc1Cl)NC(C)c1c(O)cccc1O. The van der Waals surface area contributed by atoms with Gasteiger partial charge in [0.15, 0.2) is 0 Å².